The number of hydrogen-bond acceptors (Lipinski definition) is 8. The second kappa shape index (κ2) is 8.20. The Morgan fingerprint density at radius 1 is 1.23 bits per heavy atom. The maximum atomic E-state index is 13.7. The normalized spacial score (nSPS) is 29.3. The first-order valence-corrected chi connectivity index (χ1v) is 12.6. The Morgan fingerprint density at radius 3 is 2.74 bits per heavy atom. The Morgan fingerprint density at radius 2 is 2.00 bits per heavy atom. The molecule has 184 valence electrons. The van der Waals surface area contributed by atoms with Gasteiger partial charge in [0.15, 0.2) is 5.13 Å². The highest BCUT2D eigenvalue weighted by Gasteiger charge is 2.67. The SMILES string of the molecule is CCOC(=O)N1CCN(C(=O)[C@H]2[C@H]3C=C[C@@]4(CN(c5nc6cc(OC)ccc6s5)C(=O)[C@@H]24)O3)CC1. The molecule has 4 aliphatic heterocycles. The lowest BCUT2D eigenvalue weighted by atomic mass is 9.76. The molecular weight excluding hydrogens is 472 g/mol. The minimum Gasteiger partial charge on any atom is -0.497 e. The molecule has 2 aromatic rings. The summed E-state index contributed by atoms with van der Waals surface area (Å²) in [7, 11) is 1.60. The van der Waals surface area contributed by atoms with Crippen molar-refractivity contribution in [1.82, 2.24) is 14.8 Å². The van der Waals surface area contributed by atoms with Gasteiger partial charge >= 0.3 is 6.09 Å². The van der Waals surface area contributed by atoms with Crippen molar-refractivity contribution in [2.24, 2.45) is 11.8 Å². The second-order valence-electron chi connectivity index (χ2n) is 9.17. The zero-order valence-corrected chi connectivity index (χ0v) is 20.3. The monoisotopic (exact) mass is 498 g/mol. The third-order valence-electron chi connectivity index (χ3n) is 7.32. The zero-order chi connectivity index (χ0) is 24.3. The fourth-order valence-corrected chi connectivity index (χ4v) is 6.57. The van der Waals surface area contributed by atoms with Gasteiger partial charge in [-0.15, -0.1) is 0 Å². The van der Waals surface area contributed by atoms with Crippen LogP contribution in [0.5, 0.6) is 5.75 Å². The van der Waals surface area contributed by atoms with Crippen molar-refractivity contribution in [1.29, 1.82) is 0 Å². The number of fused-ring (bicyclic) bond motifs is 2. The molecule has 1 aromatic carbocycles. The number of benzene rings is 1. The quantitative estimate of drug-likeness (QED) is 0.594. The largest absolute Gasteiger partial charge is 0.497 e. The van der Waals surface area contributed by atoms with Crippen LogP contribution in [-0.2, 0) is 19.1 Å². The minimum atomic E-state index is -0.815. The molecular formula is C24H26N4O6S. The second-order valence-corrected chi connectivity index (χ2v) is 10.2. The van der Waals surface area contributed by atoms with Gasteiger partial charge in [-0.2, -0.15) is 0 Å². The maximum absolute atomic E-state index is 13.7. The number of rotatable bonds is 4. The van der Waals surface area contributed by atoms with Crippen molar-refractivity contribution in [3.8, 4) is 5.75 Å². The standard InChI is InChI=1S/C24H26N4O6S/c1-3-33-23(31)27-10-8-26(9-11-27)20(29)18-16-6-7-24(34-16)13-28(21(30)19(18)24)22-25-15-12-14(32-2)4-5-17(15)35-22/h4-7,12,16,18-19H,3,8-11,13H2,1-2H3/t16-,18+,19-,24+/m1/s1. The molecule has 6 rings (SSSR count). The number of nitrogens with zero attached hydrogens (tertiary/aromatic N) is 4. The number of ether oxygens (including phenoxy) is 3. The van der Waals surface area contributed by atoms with Gasteiger partial charge in [0.05, 0.1) is 48.4 Å². The number of piperazine rings is 1. The molecule has 1 aromatic heterocycles. The molecule has 0 N–H and O–H groups in total. The molecule has 3 saturated heterocycles. The Kier molecular flexibility index (Phi) is 5.22. The summed E-state index contributed by atoms with van der Waals surface area (Å²) in [5.74, 6) is -0.697. The van der Waals surface area contributed by atoms with E-state index in [1.165, 1.54) is 11.3 Å². The summed E-state index contributed by atoms with van der Waals surface area (Å²) in [6.07, 6.45) is 3.08. The summed E-state index contributed by atoms with van der Waals surface area (Å²) in [6, 6.07) is 5.64. The number of amides is 3. The van der Waals surface area contributed by atoms with E-state index in [4.69, 9.17) is 14.2 Å². The number of methoxy groups -OCH3 is 1. The van der Waals surface area contributed by atoms with Crippen LogP contribution in [0.1, 0.15) is 6.92 Å². The van der Waals surface area contributed by atoms with Crippen LogP contribution in [0.15, 0.2) is 30.4 Å². The number of hydrogen-bond donors (Lipinski definition) is 0. The molecule has 11 heteroatoms. The van der Waals surface area contributed by atoms with Gasteiger partial charge in [-0.25, -0.2) is 9.78 Å². The van der Waals surface area contributed by atoms with Gasteiger partial charge in [-0.1, -0.05) is 23.5 Å². The third-order valence-corrected chi connectivity index (χ3v) is 8.38. The van der Waals surface area contributed by atoms with E-state index in [0.717, 1.165) is 10.2 Å². The first kappa shape index (κ1) is 22.3. The van der Waals surface area contributed by atoms with Crippen LogP contribution in [0.4, 0.5) is 9.93 Å². The van der Waals surface area contributed by atoms with Gasteiger partial charge in [-0.3, -0.25) is 14.5 Å². The van der Waals surface area contributed by atoms with Crippen molar-refractivity contribution in [2.75, 3.05) is 51.3 Å². The van der Waals surface area contributed by atoms with Crippen LogP contribution in [0.25, 0.3) is 10.2 Å². The van der Waals surface area contributed by atoms with Crippen molar-refractivity contribution in [2.45, 2.75) is 18.6 Å². The molecule has 2 bridgehead atoms. The molecule has 3 amide bonds. The highest BCUT2D eigenvalue weighted by molar-refractivity contribution is 7.22. The molecule has 5 heterocycles. The van der Waals surface area contributed by atoms with Gasteiger partial charge < -0.3 is 24.0 Å². The highest BCUT2D eigenvalue weighted by atomic mass is 32.1. The van der Waals surface area contributed by atoms with Crippen LogP contribution in [0.2, 0.25) is 0 Å². The number of anilines is 1. The number of aromatic nitrogens is 1. The molecule has 10 nitrogen and oxygen atoms in total. The van der Waals surface area contributed by atoms with E-state index in [9.17, 15) is 14.4 Å². The first-order valence-electron chi connectivity index (χ1n) is 11.8. The third kappa shape index (κ3) is 3.40. The Balaban J connectivity index is 1.22. The van der Waals surface area contributed by atoms with Crippen molar-refractivity contribution in [3.05, 3.63) is 30.4 Å². The van der Waals surface area contributed by atoms with Crippen LogP contribution >= 0.6 is 11.3 Å². The molecule has 0 saturated carbocycles. The molecule has 35 heavy (non-hydrogen) atoms. The predicted octanol–water partition coefficient (Wildman–Crippen LogP) is 1.89. The molecule has 0 radical (unpaired) electrons. The molecule has 0 unspecified atom stereocenters. The Hall–Kier alpha value is -3.18. The van der Waals surface area contributed by atoms with Gasteiger partial charge in [-0.05, 0) is 19.1 Å². The average Bonchev–Trinajstić information content (AvgIpc) is 3.62. The first-order chi connectivity index (χ1) is 16.9. The Labute approximate surface area is 206 Å². The van der Waals surface area contributed by atoms with E-state index in [2.05, 4.69) is 4.98 Å². The lowest BCUT2D eigenvalue weighted by Crippen LogP contribution is -2.54. The van der Waals surface area contributed by atoms with Gasteiger partial charge in [0, 0.05) is 32.2 Å². The highest BCUT2D eigenvalue weighted by Crippen LogP contribution is 2.53. The lowest BCUT2D eigenvalue weighted by molar-refractivity contribution is -0.141. The summed E-state index contributed by atoms with van der Waals surface area (Å²) in [5.41, 5.74) is -0.0516. The molecule has 4 atom stereocenters. The zero-order valence-electron chi connectivity index (χ0n) is 19.5. The van der Waals surface area contributed by atoms with Crippen LogP contribution in [0.3, 0.4) is 0 Å². The minimum absolute atomic E-state index is 0.0982. The van der Waals surface area contributed by atoms with E-state index in [1.54, 1.807) is 28.7 Å². The van der Waals surface area contributed by atoms with E-state index in [0.29, 0.717) is 50.2 Å². The van der Waals surface area contributed by atoms with Crippen LogP contribution in [-0.4, -0.2) is 90.8 Å². The van der Waals surface area contributed by atoms with E-state index >= 15 is 0 Å². The summed E-state index contributed by atoms with van der Waals surface area (Å²) < 4.78 is 17.6. The smallest absolute Gasteiger partial charge is 0.409 e. The molecule has 3 fully saturated rings. The van der Waals surface area contributed by atoms with E-state index < -0.39 is 23.5 Å². The molecule has 1 spiro atoms. The van der Waals surface area contributed by atoms with Crippen molar-refractivity contribution in [3.63, 3.8) is 0 Å². The van der Waals surface area contributed by atoms with E-state index in [1.807, 2.05) is 30.4 Å². The topological polar surface area (TPSA) is 102 Å². The van der Waals surface area contributed by atoms with Crippen molar-refractivity contribution >= 4 is 44.6 Å². The average molecular weight is 499 g/mol. The number of carbonyl (C=O) groups is 3. The van der Waals surface area contributed by atoms with Crippen LogP contribution < -0.4 is 9.64 Å². The molecule has 0 aliphatic carbocycles. The maximum Gasteiger partial charge on any atom is 0.409 e. The van der Waals surface area contributed by atoms with Gasteiger partial charge in [0.25, 0.3) is 0 Å². The summed E-state index contributed by atoms with van der Waals surface area (Å²) in [5, 5.41) is 0.594. The van der Waals surface area contributed by atoms with Gasteiger partial charge in [0.1, 0.15) is 11.4 Å². The summed E-state index contributed by atoms with van der Waals surface area (Å²) in [4.78, 5) is 49.0. The molecule has 4 aliphatic rings. The number of thiazole rings is 1. The summed E-state index contributed by atoms with van der Waals surface area (Å²) >= 11 is 1.44. The number of carbonyl (C=O) groups excluding carboxylic acids is 3. The fourth-order valence-electron chi connectivity index (χ4n) is 5.61. The predicted molar refractivity (Wildman–Crippen MR) is 127 cm³/mol. The lowest BCUT2D eigenvalue weighted by Gasteiger charge is -2.36. The summed E-state index contributed by atoms with van der Waals surface area (Å²) in [6.45, 7) is 4.04. The fraction of sp³-hybridized carbons (Fsp3) is 0.500. The van der Waals surface area contributed by atoms with Crippen LogP contribution in [0, 0.1) is 11.8 Å². The van der Waals surface area contributed by atoms with E-state index in [-0.39, 0.29) is 17.9 Å². The van der Waals surface area contributed by atoms with Crippen molar-refractivity contribution < 1.29 is 28.6 Å². The van der Waals surface area contributed by atoms with Gasteiger partial charge in [0.2, 0.25) is 11.8 Å². The Bertz CT molecular complexity index is 1240.